The van der Waals surface area contributed by atoms with Crippen molar-refractivity contribution in [3.63, 3.8) is 0 Å². The molecule has 0 aliphatic heterocycles. The Hall–Kier alpha value is -0.830. The SMILES string of the molecule is CN(C)c1cc(Br)ccc1C=O. The van der Waals surface area contributed by atoms with Crippen LogP contribution in [0.15, 0.2) is 22.7 Å². The summed E-state index contributed by atoms with van der Waals surface area (Å²) in [6, 6.07) is 5.58. The molecule has 0 amide bonds. The first-order valence-corrected chi connectivity index (χ1v) is 4.36. The summed E-state index contributed by atoms with van der Waals surface area (Å²) in [5.41, 5.74) is 1.64. The third-order valence-corrected chi connectivity index (χ3v) is 2.09. The highest BCUT2D eigenvalue weighted by Crippen LogP contribution is 2.21. The van der Waals surface area contributed by atoms with Gasteiger partial charge in [-0.05, 0) is 18.2 Å². The summed E-state index contributed by atoms with van der Waals surface area (Å²) in [4.78, 5) is 12.5. The number of carbonyl (C=O) groups is 1. The highest BCUT2D eigenvalue weighted by molar-refractivity contribution is 9.10. The number of benzene rings is 1. The van der Waals surface area contributed by atoms with Crippen LogP contribution in [0.2, 0.25) is 0 Å². The lowest BCUT2D eigenvalue weighted by atomic mass is 10.2. The number of hydrogen-bond acceptors (Lipinski definition) is 2. The molecule has 0 saturated carbocycles. The molecule has 0 radical (unpaired) electrons. The first-order valence-electron chi connectivity index (χ1n) is 3.57. The molecule has 0 aliphatic rings. The fourth-order valence-electron chi connectivity index (χ4n) is 1.00. The third-order valence-electron chi connectivity index (χ3n) is 1.60. The molecule has 0 fully saturated rings. The predicted octanol–water partition coefficient (Wildman–Crippen LogP) is 2.33. The van der Waals surface area contributed by atoms with Crippen molar-refractivity contribution in [1.29, 1.82) is 0 Å². The topological polar surface area (TPSA) is 20.3 Å². The van der Waals surface area contributed by atoms with Gasteiger partial charge >= 0.3 is 0 Å². The molecule has 1 rings (SSSR count). The molecular formula is C9H10BrNO. The molecule has 0 atom stereocenters. The van der Waals surface area contributed by atoms with Crippen LogP contribution in [0.1, 0.15) is 10.4 Å². The molecule has 12 heavy (non-hydrogen) atoms. The third kappa shape index (κ3) is 1.85. The van der Waals surface area contributed by atoms with Gasteiger partial charge in [0.05, 0.1) is 0 Å². The van der Waals surface area contributed by atoms with Gasteiger partial charge in [0.2, 0.25) is 0 Å². The van der Waals surface area contributed by atoms with Gasteiger partial charge in [-0.2, -0.15) is 0 Å². The van der Waals surface area contributed by atoms with Crippen molar-refractivity contribution < 1.29 is 4.79 Å². The van der Waals surface area contributed by atoms with Crippen molar-refractivity contribution in [3.05, 3.63) is 28.2 Å². The first-order chi connectivity index (χ1) is 5.65. The Bertz CT molecular complexity index is 297. The summed E-state index contributed by atoms with van der Waals surface area (Å²) in [6.45, 7) is 0. The molecule has 1 aromatic carbocycles. The molecule has 2 nitrogen and oxygen atoms in total. The van der Waals surface area contributed by atoms with Crippen LogP contribution in [0.25, 0.3) is 0 Å². The Balaban J connectivity index is 3.21. The second kappa shape index (κ2) is 3.72. The Morgan fingerprint density at radius 1 is 1.42 bits per heavy atom. The van der Waals surface area contributed by atoms with E-state index in [0.29, 0.717) is 5.56 Å². The van der Waals surface area contributed by atoms with E-state index in [-0.39, 0.29) is 0 Å². The minimum absolute atomic E-state index is 0.711. The maximum Gasteiger partial charge on any atom is 0.152 e. The normalized spacial score (nSPS) is 9.58. The van der Waals surface area contributed by atoms with Crippen molar-refractivity contribution in [1.82, 2.24) is 0 Å². The molecule has 0 N–H and O–H groups in total. The summed E-state index contributed by atoms with van der Waals surface area (Å²) in [5, 5.41) is 0. The van der Waals surface area contributed by atoms with Crippen molar-refractivity contribution in [2.24, 2.45) is 0 Å². The fourth-order valence-corrected chi connectivity index (χ4v) is 1.35. The van der Waals surface area contributed by atoms with Crippen LogP contribution in [0, 0.1) is 0 Å². The number of aldehydes is 1. The highest BCUT2D eigenvalue weighted by Gasteiger charge is 2.03. The minimum atomic E-state index is 0.711. The lowest BCUT2D eigenvalue weighted by Gasteiger charge is -2.14. The minimum Gasteiger partial charge on any atom is -0.377 e. The molecule has 1 aromatic rings. The molecule has 0 aromatic heterocycles. The van der Waals surface area contributed by atoms with Crippen molar-refractivity contribution in [2.45, 2.75) is 0 Å². The van der Waals surface area contributed by atoms with Crippen molar-refractivity contribution >= 4 is 27.9 Å². The van der Waals surface area contributed by atoms with Crippen molar-refractivity contribution in [2.75, 3.05) is 19.0 Å². The number of halogens is 1. The second-order valence-corrected chi connectivity index (χ2v) is 3.63. The van der Waals surface area contributed by atoms with E-state index in [0.717, 1.165) is 16.4 Å². The van der Waals surface area contributed by atoms with E-state index < -0.39 is 0 Å². The summed E-state index contributed by atoms with van der Waals surface area (Å²) in [5.74, 6) is 0. The van der Waals surface area contributed by atoms with E-state index in [1.54, 1.807) is 6.07 Å². The van der Waals surface area contributed by atoms with E-state index in [2.05, 4.69) is 15.9 Å². The molecule has 0 unspecified atom stereocenters. The van der Waals surface area contributed by atoms with Gasteiger partial charge in [-0.1, -0.05) is 15.9 Å². The van der Waals surface area contributed by atoms with Crippen LogP contribution in [-0.2, 0) is 0 Å². The van der Waals surface area contributed by atoms with Gasteiger partial charge in [0.15, 0.2) is 6.29 Å². The molecule has 0 saturated heterocycles. The smallest absolute Gasteiger partial charge is 0.152 e. The van der Waals surface area contributed by atoms with Crippen LogP contribution >= 0.6 is 15.9 Å². The van der Waals surface area contributed by atoms with Gasteiger partial charge in [-0.3, -0.25) is 4.79 Å². The molecular weight excluding hydrogens is 218 g/mol. The lowest BCUT2D eigenvalue weighted by molar-refractivity contribution is 0.112. The van der Waals surface area contributed by atoms with Crippen LogP contribution in [0.5, 0.6) is 0 Å². The van der Waals surface area contributed by atoms with E-state index >= 15 is 0 Å². The maximum atomic E-state index is 10.6. The summed E-state index contributed by atoms with van der Waals surface area (Å²) < 4.78 is 0.983. The van der Waals surface area contributed by atoms with Gasteiger partial charge in [0.25, 0.3) is 0 Å². The van der Waals surface area contributed by atoms with Gasteiger partial charge in [0, 0.05) is 29.8 Å². The summed E-state index contributed by atoms with van der Waals surface area (Å²) in [6.07, 6.45) is 0.863. The molecule has 0 bridgehead atoms. The number of nitrogens with zero attached hydrogens (tertiary/aromatic N) is 1. The zero-order valence-corrected chi connectivity index (χ0v) is 8.63. The Kier molecular flexibility index (Phi) is 2.87. The Labute approximate surface area is 80.3 Å². The highest BCUT2D eigenvalue weighted by atomic mass is 79.9. The van der Waals surface area contributed by atoms with Gasteiger partial charge in [-0.15, -0.1) is 0 Å². The Morgan fingerprint density at radius 3 is 2.58 bits per heavy atom. The maximum absolute atomic E-state index is 10.6. The molecule has 0 aliphatic carbocycles. The van der Waals surface area contributed by atoms with Crippen LogP contribution in [0.4, 0.5) is 5.69 Å². The van der Waals surface area contributed by atoms with Gasteiger partial charge in [-0.25, -0.2) is 0 Å². The van der Waals surface area contributed by atoms with E-state index in [9.17, 15) is 4.79 Å². The monoisotopic (exact) mass is 227 g/mol. The van der Waals surface area contributed by atoms with Crippen LogP contribution < -0.4 is 4.90 Å². The first kappa shape index (κ1) is 9.26. The molecule has 0 heterocycles. The molecule has 3 heteroatoms. The number of rotatable bonds is 2. The van der Waals surface area contributed by atoms with E-state index in [1.165, 1.54) is 0 Å². The van der Waals surface area contributed by atoms with Crippen molar-refractivity contribution in [3.8, 4) is 0 Å². The molecule has 64 valence electrons. The van der Waals surface area contributed by atoms with Gasteiger partial charge in [0.1, 0.15) is 0 Å². The summed E-state index contributed by atoms with van der Waals surface area (Å²) >= 11 is 3.35. The standard InChI is InChI=1S/C9H10BrNO/c1-11(2)9-5-8(10)4-3-7(9)6-12/h3-6H,1-2H3. The molecule has 0 spiro atoms. The zero-order chi connectivity index (χ0) is 9.14. The van der Waals surface area contributed by atoms with E-state index in [1.807, 2.05) is 31.1 Å². The van der Waals surface area contributed by atoms with Crippen LogP contribution in [0.3, 0.4) is 0 Å². The largest absolute Gasteiger partial charge is 0.377 e. The second-order valence-electron chi connectivity index (χ2n) is 2.72. The summed E-state index contributed by atoms with van der Waals surface area (Å²) in [7, 11) is 3.82. The predicted molar refractivity (Wildman–Crippen MR) is 53.9 cm³/mol. The zero-order valence-electron chi connectivity index (χ0n) is 7.04. The number of hydrogen-bond donors (Lipinski definition) is 0. The average molecular weight is 228 g/mol. The fraction of sp³-hybridized carbons (Fsp3) is 0.222. The average Bonchev–Trinajstić information content (AvgIpc) is 2.04. The van der Waals surface area contributed by atoms with Crippen LogP contribution in [-0.4, -0.2) is 20.4 Å². The van der Waals surface area contributed by atoms with E-state index in [4.69, 9.17) is 0 Å². The number of carbonyl (C=O) groups excluding carboxylic acids is 1. The van der Waals surface area contributed by atoms with Gasteiger partial charge < -0.3 is 4.90 Å². The quantitative estimate of drug-likeness (QED) is 0.724. The number of anilines is 1. The Morgan fingerprint density at radius 2 is 2.08 bits per heavy atom. The lowest BCUT2D eigenvalue weighted by Crippen LogP contribution is -2.10.